The van der Waals surface area contributed by atoms with Gasteiger partial charge < -0.3 is 20.4 Å². The molecule has 4 rings (SSSR count). The second kappa shape index (κ2) is 22.4. The lowest BCUT2D eigenvalue weighted by atomic mass is 9.82. The van der Waals surface area contributed by atoms with Crippen molar-refractivity contribution in [3.05, 3.63) is 71.8 Å². The maximum atomic E-state index is 14.1. The van der Waals surface area contributed by atoms with Crippen LogP contribution in [0, 0.1) is 17.8 Å². The summed E-state index contributed by atoms with van der Waals surface area (Å²) in [6.07, 6.45) is 9.96. The van der Waals surface area contributed by atoms with E-state index in [4.69, 9.17) is 0 Å². The van der Waals surface area contributed by atoms with Crippen molar-refractivity contribution in [2.45, 2.75) is 154 Å². The van der Waals surface area contributed by atoms with Crippen molar-refractivity contribution in [3.63, 3.8) is 0 Å². The van der Waals surface area contributed by atoms with Gasteiger partial charge in [-0.2, -0.15) is 0 Å². The van der Waals surface area contributed by atoms with E-state index in [1.165, 1.54) is 23.7 Å². The van der Waals surface area contributed by atoms with Crippen LogP contribution < -0.4 is 10.6 Å². The summed E-state index contributed by atoms with van der Waals surface area (Å²) in [6.45, 7) is 9.54. The van der Waals surface area contributed by atoms with E-state index in [0.29, 0.717) is 50.2 Å². The number of piperidine rings is 1. The summed E-state index contributed by atoms with van der Waals surface area (Å²) in [5.74, 6) is -0.635. The number of amides is 3. The SMILES string of the molecule is CC[C@H]([NH2+]C(=O)[C@@H](CC(=O)N(C)CCN1C(C)CCCC1Cc1ccccc1)Cc1ccccc1)C(=O)N[C@@H](CC1CCCCC1)[C@@H](O)[C@@H](O)CC(C)C. The van der Waals surface area contributed by atoms with E-state index in [9.17, 15) is 24.6 Å². The molecule has 1 aliphatic heterocycles. The van der Waals surface area contributed by atoms with Crippen molar-refractivity contribution in [1.29, 1.82) is 0 Å². The zero-order valence-electron chi connectivity index (χ0n) is 33.9. The lowest BCUT2D eigenvalue weighted by Gasteiger charge is -2.41. The Morgan fingerprint density at radius 3 is 2.19 bits per heavy atom. The number of hydrogen-bond acceptors (Lipinski definition) is 6. The normalized spacial score (nSPS) is 21.2. The molecule has 1 saturated carbocycles. The van der Waals surface area contributed by atoms with E-state index >= 15 is 0 Å². The van der Waals surface area contributed by atoms with Crippen LogP contribution in [0.2, 0.25) is 0 Å². The Hall–Kier alpha value is -3.11. The summed E-state index contributed by atoms with van der Waals surface area (Å²) in [4.78, 5) is 46.1. The van der Waals surface area contributed by atoms with Gasteiger partial charge >= 0.3 is 5.91 Å². The van der Waals surface area contributed by atoms with Crippen molar-refractivity contribution in [2.24, 2.45) is 17.8 Å². The molecule has 2 aliphatic rings. The Labute approximate surface area is 325 Å². The number of rotatable bonds is 20. The Morgan fingerprint density at radius 2 is 1.56 bits per heavy atom. The van der Waals surface area contributed by atoms with E-state index in [2.05, 4.69) is 47.5 Å². The summed E-state index contributed by atoms with van der Waals surface area (Å²) < 4.78 is 0. The molecule has 2 fully saturated rings. The molecule has 0 radical (unpaired) electrons. The van der Waals surface area contributed by atoms with E-state index < -0.39 is 30.2 Å². The van der Waals surface area contributed by atoms with Crippen molar-refractivity contribution >= 4 is 17.7 Å². The predicted octanol–water partition coefficient (Wildman–Crippen LogP) is 5.27. The molecule has 0 aromatic heterocycles. The Kier molecular flexibility index (Phi) is 18.1. The topological polar surface area (TPSA) is 127 Å². The highest BCUT2D eigenvalue weighted by molar-refractivity contribution is 5.85. The number of aliphatic hydroxyl groups excluding tert-OH is 2. The smallest absolute Gasteiger partial charge is 0.315 e. The maximum Gasteiger partial charge on any atom is 0.315 e. The van der Waals surface area contributed by atoms with Gasteiger partial charge in [0.2, 0.25) is 5.91 Å². The van der Waals surface area contributed by atoms with Gasteiger partial charge in [0.25, 0.3) is 5.91 Å². The van der Waals surface area contributed by atoms with Crippen LogP contribution in [0.25, 0.3) is 0 Å². The highest BCUT2D eigenvalue weighted by atomic mass is 16.3. The molecule has 9 nitrogen and oxygen atoms in total. The number of carbonyl (C=O) groups excluding carboxylic acids is 3. The maximum absolute atomic E-state index is 14.1. The third-order valence-corrected chi connectivity index (χ3v) is 12.1. The van der Waals surface area contributed by atoms with E-state index in [1.54, 1.807) is 4.90 Å². The number of likely N-dealkylation sites (N-methyl/N-ethyl adjacent to an activating group) is 1. The Bertz CT molecular complexity index is 1400. The first-order chi connectivity index (χ1) is 25.9. The number of nitrogens with two attached hydrogens (primary N) is 1. The lowest BCUT2D eigenvalue weighted by Crippen LogP contribution is -2.97. The molecule has 9 heteroatoms. The van der Waals surface area contributed by atoms with E-state index in [1.807, 2.05) is 58.2 Å². The van der Waals surface area contributed by atoms with Crippen molar-refractivity contribution in [1.82, 2.24) is 15.1 Å². The minimum atomic E-state index is -1.09. The van der Waals surface area contributed by atoms with Gasteiger partial charge in [0.05, 0.1) is 18.1 Å². The molecule has 2 aromatic rings. The lowest BCUT2D eigenvalue weighted by molar-refractivity contribution is -0.596. The molecule has 1 aliphatic carbocycles. The first-order valence-electron chi connectivity index (χ1n) is 21.1. The van der Waals surface area contributed by atoms with Crippen molar-refractivity contribution in [3.8, 4) is 0 Å². The number of benzene rings is 2. The predicted molar refractivity (Wildman–Crippen MR) is 215 cm³/mol. The molecule has 3 amide bonds. The molecule has 1 saturated heterocycles. The second-order valence-corrected chi connectivity index (χ2v) is 16.9. The summed E-state index contributed by atoms with van der Waals surface area (Å²) in [7, 11) is 1.84. The third kappa shape index (κ3) is 13.9. The van der Waals surface area contributed by atoms with Crippen LogP contribution >= 0.6 is 0 Å². The number of nitrogens with one attached hydrogen (secondary N) is 1. The summed E-state index contributed by atoms with van der Waals surface area (Å²) >= 11 is 0. The number of quaternary nitrogens is 1. The van der Waals surface area contributed by atoms with Crippen molar-refractivity contribution in [2.75, 3.05) is 20.1 Å². The van der Waals surface area contributed by atoms with Crippen LogP contribution in [0.4, 0.5) is 0 Å². The number of aliphatic hydroxyl groups is 2. The first kappa shape index (κ1) is 43.6. The Balaban J connectivity index is 1.41. The average Bonchev–Trinajstić information content (AvgIpc) is 3.16. The molecule has 0 bridgehead atoms. The van der Waals surface area contributed by atoms with Gasteiger partial charge in [0.1, 0.15) is 6.10 Å². The molecule has 54 heavy (non-hydrogen) atoms. The Morgan fingerprint density at radius 1 is 0.907 bits per heavy atom. The zero-order valence-corrected chi connectivity index (χ0v) is 33.9. The van der Waals surface area contributed by atoms with Gasteiger partial charge in [-0.15, -0.1) is 0 Å². The summed E-state index contributed by atoms with van der Waals surface area (Å²) in [5, 5.41) is 26.7. The van der Waals surface area contributed by atoms with Gasteiger partial charge in [0, 0.05) is 45.1 Å². The first-order valence-corrected chi connectivity index (χ1v) is 21.1. The monoisotopic (exact) mass is 748 g/mol. The van der Waals surface area contributed by atoms with Gasteiger partial charge in [0.15, 0.2) is 6.04 Å². The van der Waals surface area contributed by atoms with Crippen molar-refractivity contribution < 1.29 is 29.9 Å². The van der Waals surface area contributed by atoms with Crippen LogP contribution in [-0.2, 0) is 27.2 Å². The van der Waals surface area contributed by atoms with Crippen LogP contribution in [0.5, 0.6) is 0 Å². The largest absolute Gasteiger partial charge is 0.390 e. The van der Waals surface area contributed by atoms with Crippen LogP contribution in [0.1, 0.15) is 116 Å². The highest BCUT2D eigenvalue weighted by Gasteiger charge is 2.36. The molecule has 300 valence electrons. The molecule has 1 heterocycles. The summed E-state index contributed by atoms with van der Waals surface area (Å²) in [5.41, 5.74) is 2.31. The number of primary amides is 1. The molecular formula is C45H71N4O5+. The molecule has 2 aromatic carbocycles. The third-order valence-electron chi connectivity index (χ3n) is 12.1. The number of likely N-dealkylation sites (tertiary alicyclic amines) is 1. The molecule has 7 atom stereocenters. The molecule has 2 unspecified atom stereocenters. The molecule has 0 spiro atoms. The van der Waals surface area contributed by atoms with E-state index in [-0.39, 0.29) is 30.1 Å². The average molecular weight is 748 g/mol. The molecule has 5 N–H and O–H groups in total. The van der Waals surface area contributed by atoms with Crippen LogP contribution in [0.15, 0.2) is 60.7 Å². The fourth-order valence-electron chi connectivity index (χ4n) is 8.74. The fraction of sp³-hybridized carbons (Fsp3) is 0.667. The van der Waals surface area contributed by atoms with Crippen LogP contribution in [-0.4, -0.2) is 94.2 Å². The number of carbonyl (C=O) groups is 3. The van der Waals surface area contributed by atoms with Crippen LogP contribution in [0.3, 0.4) is 0 Å². The molecular weight excluding hydrogens is 677 g/mol. The second-order valence-electron chi connectivity index (χ2n) is 16.9. The van der Waals surface area contributed by atoms with Gasteiger partial charge in [-0.25, -0.2) is 4.79 Å². The van der Waals surface area contributed by atoms with Gasteiger partial charge in [-0.05, 0) is 68.4 Å². The number of hydrogen-bond donors (Lipinski definition) is 4. The highest BCUT2D eigenvalue weighted by Crippen LogP contribution is 2.29. The summed E-state index contributed by atoms with van der Waals surface area (Å²) in [6, 6.07) is 20.0. The van der Waals surface area contributed by atoms with Gasteiger partial charge in [-0.1, -0.05) is 120 Å². The van der Waals surface area contributed by atoms with E-state index in [0.717, 1.165) is 57.1 Å². The fourth-order valence-corrected chi connectivity index (χ4v) is 8.74. The minimum absolute atomic E-state index is 0.0617. The zero-order chi connectivity index (χ0) is 39.0. The quantitative estimate of drug-likeness (QED) is 0.146. The standard InChI is InChI=1S/C45H70N4O5/c1-6-39(45(54)47-40(30-36-22-14-9-15-23-36)43(52)41(50)27-32(2)3)46-44(53)37(28-34-18-10-7-11-19-34)31-42(51)48(5)25-26-49-33(4)17-16-24-38(49)29-35-20-12-8-13-21-35/h7-8,10-13,18-21,32-33,36-41,43,50,52H,6,9,14-17,22-31H2,1-5H3,(H,46,53)(H,47,54)/p+1/t33?,37-,38?,39+,40+,41+,43-/m1/s1. The number of nitrogens with zero attached hydrogens (tertiary/aromatic N) is 2. The minimum Gasteiger partial charge on any atom is -0.390 e. The van der Waals surface area contributed by atoms with Gasteiger partial charge in [-0.3, -0.25) is 19.8 Å².